The Morgan fingerprint density at radius 1 is 0.636 bits per heavy atom. The molecule has 6 aromatic carbocycles. The van der Waals surface area contributed by atoms with Crippen molar-refractivity contribution in [3.63, 3.8) is 0 Å². The number of hydrogen-bond acceptors (Lipinski definition) is 1. The minimum absolute atomic E-state index is 0.888. The predicted octanol–water partition coefficient (Wildman–Crippen LogP) is 8.29. The molecule has 156 valence electrons. The molecule has 0 saturated carbocycles. The van der Waals surface area contributed by atoms with Gasteiger partial charge in [0, 0.05) is 12.1 Å². The van der Waals surface area contributed by atoms with Crippen LogP contribution < -0.4 is 0 Å². The fourth-order valence-corrected chi connectivity index (χ4v) is 5.41. The minimum Gasteiger partial charge on any atom is -0.324 e. The number of benzene rings is 6. The van der Waals surface area contributed by atoms with Gasteiger partial charge in [0.05, 0.1) is 11.0 Å². The standard InChI is InChI=1S/C31H22N2/c1-2-33-28-18-15-24(19-27(28)32-31(33)23-7-4-3-5-8-23)25-16-13-22-12-11-20-9-6-10-21-14-17-26(25)30(22)29(20)21/h3-19H,2H2,1H3. The molecule has 0 unspecified atom stereocenters. The van der Waals surface area contributed by atoms with Gasteiger partial charge in [0.15, 0.2) is 0 Å². The van der Waals surface area contributed by atoms with Crippen molar-refractivity contribution in [1.29, 1.82) is 0 Å². The van der Waals surface area contributed by atoms with Crippen molar-refractivity contribution in [2.45, 2.75) is 13.5 Å². The van der Waals surface area contributed by atoms with Crippen LogP contribution in [-0.4, -0.2) is 9.55 Å². The predicted molar refractivity (Wildman–Crippen MR) is 140 cm³/mol. The van der Waals surface area contributed by atoms with E-state index in [1.165, 1.54) is 49.0 Å². The maximum absolute atomic E-state index is 5.06. The molecule has 2 heteroatoms. The molecule has 0 N–H and O–H groups in total. The molecule has 0 aliphatic heterocycles. The Bertz CT molecular complexity index is 1780. The van der Waals surface area contributed by atoms with E-state index >= 15 is 0 Å². The summed E-state index contributed by atoms with van der Waals surface area (Å²) in [5.74, 6) is 1.03. The van der Waals surface area contributed by atoms with Gasteiger partial charge in [0.2, 0.25) is 0 Å². The summed E-state index contributed by atoms with van der Waals surface area (Å²) >= 11 is 0. The first-order valence-corrected chi connectivity index (χ1v) is 11.5. The molecule has 0 bridgehead atoms. The van der Waals surface area contributed by atoms with Gasteiger partial charge >= 0.3 is 0 Å². The van der Waals surface area contributed by atoms with E-state index in [-0.39, 0.29) is 0 Å². The highest BCUT2D eigenvalue weighted by atomic mass is 15.1. The second kappa shape index (κ2) is 6.91. The molecule has 0 spiro atoms. The van der Waals surface area contributed by atoms with Crippen LogP contribution in [0.5, 0.6) is 0 Å². The Kier molecular flexibility index (Phi) is 3.86. The molecule has 0 radical (unpaired) electrons. The van der Waals surface area contributed by atoms with Gasteiger partial charge in [0.1, 0.15) is 5.82 Å². The molecule has 0 fully saturated rings. The van der Waals surface area contributed by atoms with Crippen LogP contribution in [0.2, 0.25) is 0 Å². The van der Waals surface area contributed by atoms with Crippen LogP contribution in [0.1, 0.15) is 6.92 Å². The highest BCUT2D eigenvalue weighted by Gasteiger charge is 2.15. The SMILES string of the molecule is CCn1c(-c2ccccc2)nc2cc(-c3ccc4ccc5cccc6ccc3c4c56)ccc21. The third-order valence-electron chi connectivity index (χ3n) is 6.94. The van der Waals surface area contributed by atoms with E-state index in [0.717, 1.165) is 23.4 Å². The summed E-state index contributed by atoms with van der Waals surface area (Å²) in [7, 11) is 0. The number of aryl methyl sites for hydroxylation is 1. The van der Waals surface area contributed by atoms with Crippen LogP contribution in [0.15, 0.2) is 103 Å². The van der Waals surface area contributed by atoms with Gasteiger partial charge in [-0.2, -0.15) is 0 Å². The molecule has 1 aromatic heterocycles. The molecule has 1 heterocycles. The van der Waals surface area contributed by atoms with Gasteiger partial charge in [-0.25, -0.2) is 4.98 Å². The third-order valence-corrected chi connectivity index (χ3v) is 6.94. The second-order valence-corrected chi connectivity index (χ2v) is 8.72. The fraction of sp³-hybridized carbons (Fsp3) is 0.0645. The van der Waals surface area contributed by atoms with E-state index in [0.29, 0.717) is 0 Å². The van der Waals surface area contributed by atoms with Crippen molar-refractivity contribution in [2.24, 2.45) is 0 Å². The van der Waals surface area contributed by atoms with Crippen molar-refractivity contribution in [1.82, 2.24) is 9.55 Å². The van der Waals surface area contributed by atoms with Crippen LogP contribution in [0.4, 0.5) is 0 Å². The van der Waals surface area contributed by atoms with E-state index in [9.17, 15) is 0 Å². The lowest BCUT2D eigenvalue weighted by atomic mass is 9.90. The van der Waals surface area contributed by atoms with Crippen molar-refractivity contribution >= 4 is 43.4 Å². The summed E-state index contributed by atoms with van der Waals surface area (Å²) in [6.07, 6.45) is 0. The second-order valence-electron chi connectivity index (χ2n) is 8.72. The van der Waals surface area contributed by atoms with Gasteiger partial charge in [-0.15, -0.1) is 0 Å². The summed E-state index contributed by atoms with van der Waals surface area (Å²) in [6.45, 7) is 3.07. The topological polar surface area (TPSA) is 17.8 Å². The number of nitrogens with zero attached hydrogens (tertiary/aromatic N) is 2. The Hall–Kier alpha value is -4.17. The molecule has 7 aromatic rings. The fourth-order valence-electron chi connectivity index (χ4n) is 5.41. The van der Waals surface area contributed by atoms with E-state index in [2.05, 4.69) is 115 Å². The van der Waals surface area contributed by atoms with Crippen LogP contribution in [-0.2, 0) is 6.54 Å². The van der Waals surface area contributed by atoms with Gasteiger partial charge < -0.3 is 4.57 Å². The van der Waals surface area contributed by atoms with E-state index in [1.807, 2.05) is 0 Å². The highest BCUT2D eigenvalue weighted by Crippen LogP contribution is 2.40. The number of rotatable bonds is 3. The van der Waals surface area contributed by atoms with Crippen LogP contribution >= 0.6 is 0 Å². The Balaban J connectivity index is 1.49. The molecule has 7 rings (SSSR count). The summed E-state index contributed by atoms with van der Waals surface area (Å²) < 4.78 is 2.30. The average Bonchev–Trinajstić information content (AvgIpc) is 3.25. The zero-order valence-electron chi connectivity index (χ0n) is 18.4. The minimum atomic E-state index is 0.888. The van der Waals surface area contributed by atoms with Crippen molar-refractivity contribution < 1.29 is 0 Å². The van der Waals surface area contributed by atoms with Crippen LogP contribution in [0.25, 0.3) is 65.9 Å². The quantitative estimate of drug-likeness (QED) is 0.262. The van der Waals surface area contributed by atoms with E-state index < -0.39 is 0 Å². The molecular weight excluding hydrogens is 400 g/mol. The highest BCUT2D eigenvalue weighted by molar-refractivity contribution is 6.25. The average molecular weight is 423 g/mol. The summed E-state index contributed by atoms with van der Waals surface area (Å²) in [5, 5.41) is 7.90. The first-order valence-electron chi connectivity index (χ1n) is 11.5. The van der Waals surface area contributed by atoms with Gasteiger partial charge in [-0.1, -0.05) is 91.0 Å². The molecule has 0 amide bonds. The van der Waals surface area contributed by atoms with Crippen molar-refractivity contribution in [2.75, 3.05) is 0 Å². The Morgan fingerprint density at radius 2 is 1.36 bits per heavy atom. The zero-order chi connectivity index (χ0) is 21.9. The summed E-state index contributed by atoms with van der Waals surface area (Å²) in [5.41, 5.74) is 5.84. The number of fused-ring (bicyclic) bond motifs is 1. The van der Waals surface area contributed by atoms with Gasteiger partial charge in [-0.3, -0.25) is 0 Å². The lowest BCUT2D eigenvalue weighted by molar-refractivity contribution is 0.796. The normalized spacial score (nSPS) is 11.9. The summed E-state index contributed by atoms with van der Waals surface area (Å²) in [6, 6.07) is 37.3. The lowest BCUT2D eigenvalue weighted by Crippen LogP contribution is -1.97. The van der Waals surface area contributed by atoms with Crippen molar-refractivity contribution in [3.05, 3.63) is 103 Å². The first-order chi connectivity index (χ1) is 16.3. The Morgan fingerprint density at radius 3 is 2.15 bits per heavy atom. The number of aromatic nitrogens is 2. The first kappa shape index (κ1) is 18.4. The maximum Gasteiger partial charge on any atom is 0.141 e. The molecular formula is C31H22N2. The largest absolute Gasteiger partial charge is 0.324 e. The van der Waals surface area contributed by atoms with Crippen LogP contribution in [0.3, 0.4) is 0 Å². The zero-order valence-corrected chi connectivity index (χ0v) is 18.4. The van der Waals surface area contributed by atoms with Crippen molar-refractivity contribution in [3.8, 4) is 22.5 Å². The smallest absolute Gasteiger partial charge is 0.141 e. The molecule has 0 aliphatic carbocycles. The monoisotopic (exact) mass is 422 g/mol. The molecule has 0 saturated heterocycles. The van der Waals surface area contributed by atoms with E-state index in [4.69, 9.17) is 4.98 Å². The maximum atomic E-state index is 5.06. The van der Waals surface area contributed by atoms with Gasteiger partial charge in [0.25, 0.3) is 0 Å². The van der Waals surface area contributed by atoms with Gasteiger partial charge in [-0.05, 0) is 62.5 Å². The summed E-state index contributed by atoms with van der Waals surface area (Å²) in [4.78, 5) is 5.06. The molecule has 0 atom stereocenters. The Labute approximate surface area is 192 Å². The lowest BCUT2D eigenvalue weighted by Gasteiger charge is -2.14. The number of imidazole rings is 1. The molecule has 33 heavy (non-hydrogen) atoms. The molecule has 0 aliphatic rings. The molecule has 2 nitrogen and oxygen atoms in total. The third kappa shape index (κ3) is 2.64. The van der Waals surface area contributed by atoms with E-state index in [1.54, 1.807) is 0 Å². The number of hydrogen-bond donors (Lipinski definition) is 0. The van der Waals surface area contributed by atoms with Crippen LogP contribution in [0, 0.1) is 0 Å².